The molecule has 14 nitrogen and oxygen atoms in total. The van der Waals surface area contributed by atoms with E-state index in [1.807, 2.05) is 0 Å². The summed E-state index contributed by atoms with van der Waals surface area (Å²) in [6.45, 7) is 0. The van der Waals surface area contributed by atoms with Crippen LogP contribution in [0.1, 0.15) is 0 Å². The summed E-state index contributed by atoms with van der Waals surface area (Å²) in [4.78, 5) is 18.7. The van der Waals surface area contributed by atoms with E-state index in [1.165, 1.54) is 0 Å². The Morgan fingerprint density at radius 3 is 1.41 bits per heavy atom. The summed E-state index contributed by atoms with van der Waals surface area (Å²) in [5.41, 5.74) is 0. The zero-order valence-corrected chi connectivity index (χ0v) is 21.8. The maximum absolute atomic E-state index is 10.6. The normalized spacial score (nSPS) is 27.5. The smallest absolute Gasteiger partial charge is 0.759 e. The Hall–Kier alpha value is 4.09. The van der Waals surface area contributed by atoms with Crippen LogP contribution in [0.2, 0.25) is 0 Å². The molecule has 0 amide bonds. The van der Waals surface area contributed by atoms with Crippen LogP contribution in [0.5, 0.6) is 0 Å². The largest absolute Gasteiger partial charge is 2.00 e. The van der Waals surface area contributed by atoms with Gasteiger partial charge in [-0.1, -0.05) is 0 Å². The van der Waals surface area contributed by atoms with Crippen LogP contribution in [0.15, 0.2) is 0 Å². The molecule has 3 saturated heterocycles. The molecule has 3 aliphatic rings. The first-order valence-electron chi connectivity index (χ1n) is 3.45. The molecular weight excluding hydrogens is 476 g/mol. The first-order chi connectivity index (χ1) is 8.22. The molecule has 3 aliphatic heterocycles. The first kappa shape index (κ1) is 33.7. The van der Waals surface area contributed by atoms with E-state index in [0.717, 1.165) is 0 Å². The Kier molecular flexibility index (Phi) is 21.6. The van der Waals surface area contributed by atoms with Gasteiger partial charge in [0.2, 0.25) is 0 Å². The average molecular weight is 476 g/mol. The van der Waals surface area contributed by atoms with E-state index < -0.39 is 47.3 Å². The van der Waals surface area contributed by atoms with Crippen molar-refractivity contribution in [3.8, 4) is 0 Å². The predicted molar refractivity (Wildman–Crippen MR) is 52.7 cm³/mol. The van der Waals surface area contributed by atoms with Crippen molar-refractivity contribution in [2.24, 2.45) is 0 Å². The molecule has 0 N–H and O–H groups in total. The van der Waals surface area contributed by atoms with E-state index >= 15 is 0 Å². The molecule has 3 rings (SSSR count). The predicted octanol–water partition coefficient (Wildman–Crippen LogP) is -7.90. The fraction of sp³-hybridized carbons (Fsp3) is 0. The van der Waals surface area contributed by atoms with Gasteiger partial charge < -0.3 is 39.7 Å². The van der Waals surface area contributed by atoms with Gasteiger partial charge in [-0.25, -0.2) is 8.88 Å². The van der Waals surface area contributed by atoms with Crippen LogP contribution in [-0.4, -0.2) is 114 Å². The molecule has 0 radical (unpaired) electrons. The first-order valence-corrected chi connectivity index (χ1v) is 9.12. The fourth-order valence-corrected chi connectivity index (χ4v) is 6.62. The molecule has 1 unspecified atom stereocenters. The molecule has 0 aromatic heterocycles. The van der Waals surface area contributed by atoms with Gasteiger partial charge in [0.1, 0.15) is 0 Å². The van der Waals surface area contributed by atoms with Crippen LogP contribution in [0.25, 0.3) is 0 Å². The molecule has 0 spiro atoms. The van der Waals surface area contributed by atoms with E-state index in [-0.39, 0.29) is 127 Å². The molecule has 0 aliphatic carbocycles. The van der Waals surface area contributed by atoms with Gasteiger partial charge in [-0.15, -0.1) is 0 Å². The van der Waals surface area contributed by atoms with Crippen molar-refractivity contribution in [2.75, 3.05) is 0 Å². The molecule has 3 heterocycles. The molecular formula is CAlCa2KO14P2S. The maximum Gasteiger partial charge on any atom is 2.00 e. The molecule has 112 valence electrons. The summed E-state index contributed by atoms with van der Waals surface area (Å²) >= 11 is -2.61. The van der Waals surface area contributed by atoms with E-state index in [4.69, 9.17) is 32.5 Å². The van der Waals surface area contributed by atoms with E-state index in [0.29, 0.717) is 0 Å². The van der Waals surface area contributed by atoms with Gasteiger partial charge in [-0.05, 0) is 6.16 Å². The summed E-state index contributed by atoms with van der Waals surface area (Å²) in [6.07, 6.45) is -2.33. The molecule has 2 bridgehead atoms. The minimum Gasteiger partial charge on any atom is -0.759 e. The zero-order valence-electron chi connectivity index (χ0n) is 10.5. The van der Waals surface area contributed by atoms with Gasteiger partial charge in [0, 0.05) is 10.4 Å². The summed E-state index contributed by atoms with van der Waals surface area (Å²) in [7, 11) is -13.2. The number of carboxylic acid groups (broad SMARTS) is 2. The Morgan fingerprint density at radius 1 is 1.00 bits per heavy atom. The van der Waals surface area contributed by atoms with Crippen molar-refractivity contribution in [1.82, 2.24) is 0 Å². The average Bonchev–Trinajstić information content (AvgIpc) is 1.90. The maximum atomic E-state index is 10.6. The van der Waals surface area contributed by atoms with Gasteiger partial charge in [0.05, 0.1) is 0 Å². The minimum atomic E-state index is -5.17. The van der Waals surface area contributed by atoms with Crippen LogP contribution in [-0.2, 0) is 34.6 Å². The SMILES string of the molecule is O=C([O-])[O-].O=P1([O-])[O][Al]2[O]P(=O)([O]2)O1.O=S(=O)([O-])[O-].[Ca+2].[Ca+2].[K+]. The second-order valence-electron chi connectivity index (χ2n) is 2.24. The second kappa shape index (κ2) is 14.1. The van der Waals surface area contributed by atoms with Gasteiger partial charge in [-0.2, -0.15) is 0 Å². The number of rotatable bonds is 0. The standard InChI is InChI=1S/CH2O3.Al.2Ca.K.H4O7P2.H2O4S/c2-1(3)4;;;;;1-8(2,3)7-9(4,5)6;1-5(2,3)4/h(H2,2,3,4);;;;;(H2,1,2,3)(H2,4,5,6);(H2,1,2,3,4)/q;+3;2*+2;+1;;/p-8. The van der Waals surface area contributed by atoms with Crippen LogP contribution in [0.3, 0.4) is 0 Å². The number of carbonyl (C=O) groups excluding carboxylic acids is 1. The fourth-order valence-electron chi connectivity index (χ4n) is 0.543. The third-order valence-corrected chi connectivity index (χ3v) is 7.61. The molecule has 0 saturated carbocycles. The van der Waals surface area contributed by atoms with Gasteiger partial charge in [0.25, 0.3) is 7.82 Å². The Morgan fingerprint density at radius 2 is 1.27 bits per heavy atom. The molecule has 0 aromatic carbocycles. The number of hydrogen-bond acceptors (Lipinski definition) is 14. The summed E-state index contributed by atoms with van der Waals surface area (Å²) in [5.74, 6) is 0. The number of fused-ring (bicyclic) bond motifs is 2. The van der Waals surface area contributed by atoms with Gasteiger partial charge in [0.15, 0.2) is 0 Å². The third kappa shape index (κ3) is 20.4. The van der Waals surface area contributed by atoms with Gasteiger partial charge in [-0.3, -0.25) is 13.0 Å². The van der Waals surface area contributed by atoms with Crippen LogP contribution < -0.4 is 66.5 Å². The van der Waals surface area contributed by atoms with Crippen molar-refractivity contribution in [3.05, 3.63) is 0 Å². The summed E-state index contributed by atoms with van der Waals surface area (Å²) in [5, 5.41) is 16.7. The van der Waals surface area contributed by atoms with Crippen LogP contribution in [0, 0.1) is 0 Å². The van der Waals surface area contributed by atoms with Crippen molar-refractivity contribution in [2.45, 2.75) is 0 Å². The van der Waals surface area contributed by atoms with Crippen molar-refractivity contribution in [1.29, 1.82) is 0 Å². The Labute approximate surface area is 230 Å². The third-order valence-electron chi connectivity index (χ3n) is 0.845. The van der Waals surface area contributed by atoms with E-state index in [2.05, 4.69) is 15.0 Å². The molecule has 1 atom stereocenters. The second-order valence-corrected chi connectivity index (χ2v) is 8.60. The molecule has 3 fully saturated rings. The van der Waals surface area contributed by atoms with Crippen LogP contribution >= 0.6 is 15.6 Å². The number of phosphoric acid groups is 2. The molecule has 0 aromatic rings. The number of hydrogen-bond donors (Lipinski definition) is 0. The van der Waals surface area contributed by atoms with Crippen molar-refractivity contribution >= 4 is 123 Å². The van der Waals surface area contributed by atoms with E-state index in [9.17, 15) is 14.0 Å². The monoisotopic (exact) mass is 476 g/mol. The summed E-state index contributed by atoms with van der Waals surface area (Å²) < 4.78 is 71.8. The minimum absolute atomic E-state index is 0. The van der Waals surface area contributed by atoms with E-state index in [1.54, 1.807) is 0 Å². The molecule has 22 heavy (non-hydrogen) atoms. The topological polar surface area (TPSA) is 238 Å². The Balaban J connectivity index is -0.000000119. The number of carbonyl (C=O) groups is 1. The van der Waals surface area contributed by atoms with Gasteiger partial charge >= 0.3 is 150 Å². The zero-order chi connectivity index (χ0) is 15.5. The summed E-state index contributed by atoms with van der Waals surface area (Å²) in [6, 6.07) is 0. The van der Waals surface area contributed by atoms with Crippen molar-refractivity contribution in [3.63, 3.8) is 0 Å². The van der Waals surface area contributed by atoms with Crippen LogP contribution in [0.4, 0.5) is 4.79 Å². The van der Waals surface area contributed by atoms with Crippen molar-refractivity contribution < 1.29 is 113 Å². The quantitative estimate of drug-likeness (QED) is 0.137. The molecule has 21 heteroatoms. The Bertz CT molecular complexity index is 507.